The molecular formula is C20H15ClN6O2. The molecule has 4 heterocycles. The molecule has 0 bridgehead atoms. The molecule has 1 amide bonds. The van der Waals surface area contributed by atoms with E-state index in [4.69, 9.17) is 22.1 Å². The molecule has 0 fully saturated rings. The summed E-state index contributed by atoms with van der Waals surface area (Å²) in [6, 6.07) is 11.4. The summed E-state index contributed by atoms with van der Waals surface area (Å²) in [5, 5.41) is 1.53. The second kappa shape index (κ2) is 6.75. The minimum Gasteiger partial charge on any atom is -0.475 e. The van der Waals surface area contributed by atoms with Gasteiger partial charge in [0, 0.05) is 22.3 Å². The maximum absolute atomic E-state index is 13.1. The van der Waals surface area contributed by atoms with Gasteiger partial charge in [-0.05, 0) is 30.3 Å². The third kappa shape index (κ3) is 2.94. The fraction of sp³-hybridized carbons (Fsp3) is 0.100. The van der Waals surface area contributed by atoms with E-state index in [1.165, 1.54) is 6.33 Å². The summed E-state index contributed by atoms with van der Waals surface area (Å²) in [6.07, 6.45) is 4.86. The number of hydrogen-bond acceptors (Lipinski definition) is 6. The number of carbonyl (C=O) groups excluding carboxylic acids is 1. The molecule has 4 aromatic rings. The number of halogens is 1. The zero-order chi connectivity index (χ0) is 20.0. The molecule has 0 saturated heterocycles. The lowest BCUT2D eigenvalue weighted by Gasteiger charge is -2.20. The van der Waals surface area contributed by atoms with Crippen LogP contribution in [0.3, 0.4) is 0 Å². The van der Waals surface area contributed by atoms with Crippen molar-refractivity contribution in [3.63, 3.8) is 0 Å². The van der Waals surface area contributed by atoms with Crippen molar-refractivity contribution < 1.29 is 9.53 Å². The van der Waals surface area contributed by atoms with Crippen LogP contribution >= 0.6 is 11.6 Å². The summed E-state index contributed by atoms with van der Waals surface area (Å²) in [5.74, 6) is -0.0229. The van der Waals surface area contributed by atoms with Gasteiger partial charge in [0.25, 0.3) is 5.91 Å². The lowest BCUT2D eigenvalue weighted by molar-refractivity contribution is 0.0990. The summed E-state index contributed by atoms with van der Waals surface area (Å²) >= 11 is 6.12. The maximum atomic E-state index is 13.1. The molecule has 0 unspecified atom stereocenters. The van der Waals surface area contributed by atoms with Crippen molar-refractivity contribution in [1.82, 2.24) is 19.5 Å². The van der Waals surface area contributed by atoms with Crippen molar-refractivity contribution >= 4 is 40.0 Å². The van der Waals surface area contributed by atoms with Crippen LogP contribution in [0.1, 0.15) is 10.4 Å². The molecule has 1 aliphatic rings. The van der Waals surface area contributed by atoms with Gasteiger partial charge in [-0.15, -0.1) is 0 Å². The Labute approximate surface area is 170 Å². The van der Waals surface area contributed by atoms with Crippen LogP contribution in [-0.2, 0) is 0 Å². The molecule has 9 heteroatoms. The Morgan fingerprint density at radius 1 is 1.10 bits per heavy atom. The van der Waals surface area contributed by atoms with Crippen LogP contribution in [-0.4, -0.2) is 38.6 Å². The van der Waals surface area contributed by atoms with Gasteiger partial charge in [-0.3, -0.25) is 4.79 Å². The summed E-state index contributed by atoms with van der Waals surface area (Å²) < 4.78 is 7.53. The molecule has 144 valence electrons. The average molecular weight is 407 g/mol. The molecule has 2 N–H and O–H groups in total. The number of anilines is 2. The minimum atomic E-state index is -0.314. The lowest BCUT2D eigenvalue weighted by Crippen LogP contribution is -2.32. The van der Waals surface area contributed by atoms with Gasteiger partial charge >= 0.3 is 0 Å². The number of fused-ring (bicyclic) bond motifs is 2. The Morgan fingerprint density at radius 2 is 2.00 bits per heavy atom. The monoisotopic (exact) mass is 406 g/mol. The normalized spacial score (nSPS) is 13.8. The van der Waals surface area contributed by atoms with E-state index in [0.29, 0.717) is 17.3 Å². The van der Waals surface area contributed by atoms with Gasteiger partial charge < -0.3 is 19.9 Å². The van der Waals surface area contributed by atoms with Gasteiger partial charge in [-0.25, -0.2) is 15.0 Å². The van der Waals surface area contributed by atoms with Gasteiger partial charge in [0.05, 0.1) is 18.4 Å². The van der Waals surface area contributed by atoms with Crippen molar-refractivity contribution in [3.05, 3.63) is 65.7 Å². The molecule has 0 spiro atoms. The molecular weight excluding hydrogens is 392 g/mol. The van der Waals surface area contributed by atoms with Crippen molar-refractivity contribution in [2.24, 2.45) is 0 Å². The highest BCUT2D eigenvalue weighted by Gasteiger charge is 2.29. The van der Waals surface area contributed by atoms with E-state index >= 15 is 0 Å². The van der Waals surface area contributed by atoms with E-state index in [-0.39, 0.29) is 29.8 Å². The standard InChI is InChI=1S/C20H15ClN6O2/c21-13-2-1-3-14(9-13)26-5-4-12-8-15(10-23-18(12)26)27-6-7-29-19-16(20(27)28)17(22)24-11-25-19/h1-5,8-11H,6-7H2,(H2,22,24,25). The lowest BCUT2D eigenvalue weighted by atomic mass is 10.2. The first kappa shape index (κ1) is 17.4. The van der Waals surface area contributed by atoms with Crippen LogP contribution in [0.4, 0.5) is 11.5 Å². The second-order valence-corrected chi connectivity index (χ2v) is 6.95. The molecule has 0 saturated carbocycles. The van der Waals surface area contributed by atoms with Crippen molar-refractivity contribution in [2.45, 2.75) is 0 Å². The number of nitrogen functional groups attached to an aromatic ring is 1. The van der Waals surface area contributed by atoms with E-state index in [2.05, 4.69) is 15.0 Å². The highest BCUT2D eigenvalue weighted by Crippen LogP contribution is 2.29. The van der Waals surface area contributed by atoms with E-state index < -0.39 is 0 Å². The number of benzene rings is 1. The Kier molecular flexibility index (Phi) is 4.06. The Bertz CT molecular complexity index is 1250. The first-order valence-electron chi connectivity index (χ1n) is 8.90. The summed E-state index contributed by atoms with van der Waals surface area (Å²) in [7, 11) is 0. The Morgan fingerprint density at radius 3 is 2.86 bits per heavy atom. The summed E-state index contributed by atoms with van der Waals surface area (Å²) in [6.45, 7) is 0.633. The number of hydrogen-bond donors (Lipinski definition) is 1. The number of carbonyl (C=O) groups is 1. The molecule has 29 heavy (non-hydrogen) atoms. The first-order valence-corrected chi connectivity index (χ1v) is 9.28. The predicted molar refractivity (Wildman–Crippen MR) is 110 cm³/mol. The third-order valence-electron chi connectivity index (χ3n) is 4.76. The first-order chi connectivity index (χ1) is 14.1. The van der Waals surface area contributed by atoms with Crippen LogP contribution in [0.25, 0.3) is 16.7 Å². The Hall–Kier alpha value is -3.65. The summed E-state index contributed by atoms with van der Waals surface area (Å²) in [5.41, 5.74) is 8.39. The van der Waals surface area contributed by atoms with Crippen LogP contribution in [0, 0.1) is 0 Å². The van der Waals surface area contributed by atoms with Gasteiger partial charge in [0.15, 0.2) is 0 Å². The Balaban J connectivity index is 1.56. The number of pyridine rings is 1. The van der Waals surface area contributed by atoms with Crippen LogP contribution < -0.4 is 15.4 Å². The van der Waals surface area contributed by atoms with Crippen LogP contribution in [0.2, 0.25) is 5.02 Å². The van der Waals surface area contributed by atoms with Crippen molar-refractivity contribution in [3.8, 4) is 11.6 Å². The zero-order valence-electron chi connectivity index (χ0n) is 15.1. The fourth-order valence-corrected chi connectivity index (χ4v) is 3.59. The molecule has 0 radical (unpaired) electrons. The molecule has 1 aromatic carbocycles. The molecule has 5 rings (SSSR count). The van der Waals surface area contributed by atoms with Gasteiger partial charge in [0.2, 0.25) is 5.88 Å². The smallest absolute Gasteiger partial charge is 0.267 e. The highest BCUT2D eigenvalue weighted by atomic mass is 35.5. The van der Waals surface area contributed by atoms with Crippen molar-refractivity contribution in [1.29, 1.82) is 0 Å². The maximum Gasteiger partial charge on any atom is 0.267 e. The third-order valence-corrected chi connectivity index (χ3v) is 5.00. The van der Waals surface area contributed by atoms with Crippen LogP contribution in [0.15, 0.2) is 55.1 Å². The fourth-order valence-electron chi connectivity index (χ4n) is 3.40. The summed E-state index contributed by atoms with van der Waals surface area (Å²) in [4.78, 5) is 27.2. The number of nitrogens with zero attached hydrogens (tertiary/aromatic N) is 5. The molecule has 3 aromatic heterocycles. The number of rotatable bonds is 2. The van der Waals surface area contributed by atoms with E-state index in [9.17, 15) is 4.79 Å². The van der Waals surface area contributed by atoms with E-state index in [1.807, 2.05) is 47.2 Å². The van der Waals surface area contributed by atoms with E-state index in [0.717, 1.165) is 16.7 Å². The number of amides is 1. The van der Waals surface area contributed by atoms with Crippen molar-refractivity contribution in [2.75, 3.05) is 23.8 Å². The SMILES string of the molecule is Nc1ncnc2c1C(=O)N(c1cnc3c(ccn3-c3cccc(Cl)c3)c1)CCO2. The van der Waals surface area contributed by atoms with Gasteiger partial charge in [-0.2, -0.15) is 0 Å². The quantitative estimate of drug-likeness (QED) is 0.549. The largest absolute Gasteiger partial charge is 0.475 e. The minimum absolute atomic E-state index is 0.0908. The van der Waals surface area contributed by atoms with E-state index in [1.54, 1.807) is 11.1 Å². The highest BCUT2D eigenvalue weighted by molar-refractivity contribution is 6.30. The molecule has 1 aliphatic heterocycles. The number of ether oxygens (including phenoxy) is 1. The molecule has 0 aliphatic carbocycles. The zero-order valence-corrected chi connectivity index (χ0v) is 15.9. The van der Waals surface area contributed by atoms with Crippen LogP contribution in [0.5, 0.6) is 5.88 Å². The molecule has 8 nitrogen and oxygen atoms in total. The molecule has 0 atom stereocenters. The predicted octanol–water partition coefficient (Wildman–Crippen LogP) is 3.09. The number of aromatic nitrogens is 4. The topological polar surface area (TPSA) is 99.2 Å². The van der Waals surface area contributed by atoms with Gasteiger partial charge in [-0.1, -0.05) is 17.7 Å². The number of nitrogens with two attached hydrogens (primary N) is 1. The average Bonchev–Trinajstić information content (AvgIpc) is 3.06. The second-order valence-electron chi connectivity index (χ2n) is 6.52. The van der Waals surface area contributed by atoms with Gasteiger partial charge in [0.1, 0.15) is 30.0 Å².